The fourth-order valence-electron chi connectivity index (χ4n) is 4.29. The number of hydrogen-bond acceptors (Lipinski definition) is 3. The molecule has 0 spiro atoms. The third kappa shape index (κ3) is 5.91. The molecule has 3 N–H and O–H groups in total. The molecule has 0 amide bonds. The monoisotopic (exact) mass is 350 g/mol. The lowest BCUT2D eigenvalue weighted by molar-refractivity contribution is -0.114. The van der Waals surface area contributed by atoms with Crippen LogP contribution in [0.2, 0.25) is 0 Å². The zero-order valence-corrected chi connectivity index (χ0v) is 14.6. The standard InChI is InChI=1S/C16H32N2O.3CH4.H2S/c1-5-13(10-19)17-6-7-18-15-9-12-8-14(11(15)2)16(12,3)4;;;;/h11-15,17-19H,5-10H2,1-4H3;3*1H4;1H2/t11-,12?,13?,14-,15-;;;;/m1..../s1. The molecule has 0 aliphatic heterocycles. The quantitative estimate of drug-likeness (QED) is 0.607. The molecule has 3 fully saturated rings. The van der Waals surface area contributed by atoms with Crippen molar-refractivity contribution in [2.45, 2.75) is 81.3 Å². The van der Waals surface area contributed by atoms with Crippen LogP contribution in [0.4, 0.5) is 0 Å². The molecule has 0 radical (unpaired) electrons. The van der Waals surface area contributed by atoms with Crippen molar-refractivity contribution in [2.24, 2.45) is 23.2 Å². The molecule has 144 valence electrons. The van der Waals surface area contributed by atoms with Crippen molar-refractivity contribution in [2.75, 3.05) is 19.7 Å². The first-order valence-corrected chi connectivity index (χ1v) is 8.08. The Morgan fingerprint density at radius 1 is 1.13 bits per heavy atom. The Kier molecular flexibility index (Phi) is 14.3. The highest BCUT2D eigenvalue weighted by atomic mass is 32.1. The van der Waals surface area contributed by atoms with Crippen LogP contribution in [-0.2, 0) is 0 Å². The number of hydrogen-bond donors (Lipinski definition) is 3. The Morgan fingerprint density at radius 2 is 1.74 bits per heavy atom. The zero-order chi connectivity index (χ0) is 14.0. The van der Waals surface area contributed by atoms with Crippen molar-refractivity contribution >= 4 is 13.5 Å². The van der Waals surface area contributed by atoms with Gasteiger partial charge in [-0.05, 0) is 42.4 Å². The smallest absolute Gasteiger partial charge is 0.0584 e. The number of nitrogens with one attached hydrogen (secondary N) is 2. The van der Waals surface area contributed by atoms with Gasteiger partial charge >= 0.3 is 0 Å². The second kappa shape index (κ2) is 11.7. The normalized spacial score (nSPS) is 31.2. The molecule has 3 rings (SSSR count). The number of rotatable bonds is 7. The molecular formula is C19H46N2OS. The second-order valence-corrected chi connectivity index (χ2v) is 7.26. The molecule has 0 aromatic carbocycles. The highest BCUT2D eigenvalue weighted by Gasteiger charge is 2.55. The van der Waals surface area contributed by atoms with E-state index in [1.54, 1.807) is 0 Å². The molecule has 3 saturated carbocycles. The van der Waals surface area contributed by atoms with E-state index in [0.29, 0.717) is 11.5 Å². The first kappa shape index (κ1) is 28.1. The Morgan fingerprint density at radius 3 is 2.17 bits per heavy atom. The molecule has 0 aromatic rings. The summed E-state index contributed by atoms with van der Waals surface area (Å²) in [7, 11) is 0. The van der Waals surface area contributed by atoms with E-state index in [0.717, 1.165) is 37.3 Å². The van der Waals surface area contributed by atoms with Crippen molar-refractivity contribution < 1.29 is 5.11 Å². The van der Waals surface area contributed by atoms with Gasteiger partial charge in [-0.2, -0.15) is 13.5 Å². The van der Waals surface area contributed by atoms with Gasteiger partial charge in [0.1, 0.15) is 0 Å². The molecule has 23 heavy (non-hydrogen) atoms. The maximum Gasteiger partial charge on any atom is 0.0584 e. The lowest BCUT2D eigenvalue weighted by Crippen LogP contribution is -2.60. The molecule has 2 bridgehead atoms. The van der Waals surface area contributed by atoms with Crippen LogP contribution in [0.5, 0.6) is 0 Å². The van der Waals surface area contributed by atoms with Crippen LogP contribution in [0.15, 0.2) is 0 Å². The fourth-order valence-corrected chi connectivity index (χ4v) is 4.29. The summed E-state index contributed by atoms with van der Waals surface area (Å²) in [6.07, 6.45) is 3.80. The third-order valence-electron chi connectivity index (χ3n) is 6.03. The number of aliphatic hydroxyl groups excluding tert-OH is 1. The summed E-state index contributed by atoms with van der Waals surface area (Å²) < 4.78 is 0. The molecule has 4 heteroatoms. The van der Waals surface area contributed by atoms with Crippen LogP contribution >= 0.6 is 13.5 Å². The second-order valence-electron chi connectivity index (χ2n) is 7.26. The summed E-state index contributed by atoms with van der Waals surface area (Å²) in [5.41, 5.74) is 0.583. The molecule has 5 atom stereocenters. The van der Waals surface area contributed by atoms with Crippen molar-refractivity contribution in [3.8, 4) is 0 Å². The van der Waals surface area contributed by atoms with E-state index in [1.165, 1.54) is 12.8 Å². The van der Waals surface area contributed by atoms with Gasteiger partial charge in [0.05, 0.1) is 6.61 Å². The highest BCUT2D eigenvalue weighted by molar-refractivity contribution is 7.59. The molecular weight excluding hydrogens is 304 g/mol. The maximum absolute atomic E-state index is 9.13. The van der Waals surface area contributed by atoms with E-state index >= 15 is 0 Å². The minimum atomic E-state index is 0. The van der Waals surface area contributed by atoms with E-state index in [2.05, 4.69) is 38.3 Å². The van der Waals surface area contributed by atoms with Crippen LogP contribution in [0.1, 0.15) is 69.2 Å². The van der Waals surface area contributed by atoms with E-state index in [-0.39, 0.29) is 48.4 Å². The van der Waals surface area contributed by atoms with Gasteiger partial charge in [-0.15, -0.1) is 0 Å². The van der Waals surface area contributed by atoms with Crippen LogP contribution in [0.3, 0.4) is 0 Å². The zero-order valence-electron chi connectivity index (χ0n) is 13.6. The van der Waals surface area contributed by atoms with Gasteiger partial charge in [-0.25, -0.2) is 0 Å². The van der Waals surface area contributed by atoms with E-state index < -0.39 is 0 Å². The third-order valence-corrected chi connectivity index (χ3v) is 6.03. The number of fused-ring (bicyclic) bond motifs is 2. The molecule has 0 aromatic heterocycles. The minimum Gasteiger partial charge on any atom is -0.395 e. The predicted octanol–water partition coefficient (Wildman–Crippen LogP) is 4.03. The van der Waals surface area contributed by atoms with Crippen LogP contribution in [0.25, 0.3) is 0 Å². The van der Waals surface area contributed by atoms with Crippen LogP contribution in [0, 0.1) is 23.2 Å². The molecule has 3 aliphatic rings. The molecule has 0 heterocycles. The van der Waals surface area contributed by atoms with Crippen molar-refractivity contribution in [1.29, 1.82) is 0 Å². The Balaban J connectivity index is -0.000001000. The van der Waals surface area contributed by atoms with E-state index in [4.69, 9.17) is 5.11 Å². The van der Waals surface area contributed by atoms with Gasteiger partial charge < -0.3 is 15.7 Å². The summed E-state index contributed by atoms with van der Waals surface area (Å²) >= 11 is 0. The Hall–Kier alpha value is 0.230. The van der Waals surface area contributed by atoms with Crippen molar-refractivity contribution in [3.05, 3.63) is 0 Å². The minimum absolute atomic E-state index is 0. The summed E-state index contributed by atoms with van der Waals surface area (Å²) in [4.78, 5) is 0. The largest absolute Gasteiger partial charge is 0.395 e. The Labute approximate surface area is 153 Å². The molecule has 0 saturated heterocycles. The van der Waals surface area contributed by atoms with Gasteiger partial charge in [0, 0.05) is 25.2 Å². The summed E-state index contributed by atoms with van der Waals surface area (Å²) in [6.45, 7) is 11.7. The van der Waals surface area contributed by atoms with Gasteiger partial charge in [-0.1, -0.05) is 50.0 Å². The average Bonchev–Trinajstić information content (AvgIpc) is 2.39. The molecule has 3 nitrogen and oxygen atoms in total. The maximum atomic E-state index is 9.13. The topological polar surface area (TPSA) is 44.3 Å². The van der Waals surface area contributed by atoms with Crippen LogP contribution < -0.4 is 10.6 Å². The summed E-state index contributed by atoms with van der Waals surface area (Å²) in [5, 5.41) is 16.3. The summed E-state index contributed by atoms with van der Waals surface area (Å²) in [5.74, 6) is 2.65. The number of aliphatic hydroxyl groups is 1. The highest BCUT2D eigenvalue weighted by Crippen LogP contribution is 2.61. The van der Waals surface area contributed by atoms with Gasteiger partial charge in [0.25, 0.3) is 0 Å². The van der Waals surface area contributed by atoms with Gasteiger partial charge in [0.2, 0.25) is 0 Å². The first-order chi connectivity index (χ1) is 9.00. The summed E-state index contributed by atoms with van der Waals surface area (Å²) in [6, 6.07) is 0.964. The first-order valence-electron chi connectivity index (χ1n) is 8.08. The average molecular weight is 351 g/mol. The fraction of sp³-hybridized carbons (Fsp3) is 1.00. The van der Waals surface area contributed by atoms with Gasteiger partial charge in [0.15, 0.2) is 0 Å². The van der Waals surface area contributed by atoms with Crippen molar-refractivity contribution in [3.63, 3.8) is 0 Å². The molecule has 2 unspecified atom stereocenters. The lowest BCUT2D eigenvalue weighted by atomic mass is 9.45. The lowest BCUT2D eigenvalue weighted by Gasteiger charge is -2.62. The van der Waals surface area contributed by atoms with Crippen molar-refractivity contribution in [1.82, 2.24) is 10.6 Å². The Bertz CT molecular complexity index is 295. The van der Waals surface area contributed by atoms with Gasteiger partial charge in [-0.3, -0.25) is 0 Å². The van der Waals surface area contributed by atoms with E-state index in [1.807, 2.05) is 0 Å². The molecule has 3 aliphatic carbocycles. The van der Waals surface area contributed by atoms with Crippen LogP contribution in [-0.4, -0.2) is 36.9 Å². The predicted molar refractivity (Wildman–Crippen MR) is 111 cm³/mol. The van der Waals surface area contributed by atoms with E-state index in [9.17, 15) is 0 Å². The SMILES string of the molecule is C.C.C.CCC(CO)NCCN[C@@H]1CC2C[C@H]([C@H]1C)C2(C)C.S.